The van der Waals surface area contributed by atoms with E-state index in [0.717, 1.165) is 12.1 Å². The molecule has 116 valence electrons. The number of aliphatic carboxylic acids is 1. The van der Waals surface area contributed by atoms with E-state index in [2.05, 4.69) is 26.6 Å². The molecule has 0 heterocycles. The van der Waals surface area contributed by atoms with Crippen LogP contribution in [-0.4, -0.2) is 23.7 Å². The quantitative estimate of drug-likeness (QED) is 0.648. The number of carbonyl (C=O) groups is 2. The number of hydrogen-bond acceptors (Lipinski definition) is 2. The van der Waals surface area contributed by atoms with E-state index in [-0.39, 0.29) is 10.9 Å². The molecule has 0 aliphatic heterocycles. The molecule has 0 unspecified atom stereocenters. The summed E-state index contributed by atoms with van der Waals surface area (Å²) in [5, 5.41) is 13.0. The van der Waals surface area contributed by atoms with Crippen molar-refractivity contribution < 1.29 is 23.5 Å². The second kappa shape index (κ2) is 8.56. The standard InChI is InChI=1S/C13H15BrF2N2O3/c14-8-6-9(15)12(10(16)7-8)18-13(21)17-5-3-1-2-4-11(19)20/h6-7H,1-5H2,(H,19,20)(H2,17,18,21). The predicted molar refractivity (Wildman–Crippen MR) is 77.2 cm³/mol. The van der Waals surface area contributed by atoms with Gasteiger partial charge in [-0.3, -0.25) is 4.79 Å². The van der Waals surface area contributed by atoms with Crippen molar-refractivity contribution in [2.24, 2.45) is 0 Å². The minimum absolute atomic E-state index is 0.0848. The third-order valence-electron chi connectivity index (χ3n) is 2.60. The Bertz CT molecular complexity index is 503. The molecule has 0 atom stereocenters. The van der Waals surface area contributed by atoms with Crippen LogP contribution in [0.25, 0.3) is 0 Å². The van der Waals surface area contributed by atoms with Crippen molar-refractivity contribution in [2.45, 2.75) is 25.7 Å². The van der Waals surface area contributed by atoms with E-state index in [1.807, 2.05) is 0 Å². The van der Waals surface area contributed by atoms with E-state index in [4.69, 9.17) is 5.11 Å². The topological polar surface area (TPSA) is 78.4 Å². The third-order valence-corrected chi connectivity index (χ3v) is 3.06. The van der Waals surface area contributed by atoms with Crippen LogP contribution >= 0.6 is 15.9 Å². The Morgan fingerprint density at radius 1 is 1.14 bits per heavy atom. The van der Waals surface area contributed by atoms with Gasteiger partial charge in [-0.05, 0) is 25.0 Å². The molecule has 0 fully saturated rings. The van der Waals surface area contributed by atoms with Crippen LogP contribution in [-0.2, 0) is 4.79 Å². The molecule has 0 bridgehead atoms. The van der Waals surface area contributed by atoms with Crippen LogP contribution in [0.3, 0.4) is 0 Å². The Kier molecular flexibility index (Phi) is 7.07. The van der Waals surface area contributed by atoms with Gasteiger partial charge in [-0.2, -0.15) is 0 Å². The first-order valence-corrected chi connectivity index (χ1v) is 7.10. The molecule has 0 radical (unpaired) electrons. The first-order chi connectivity index (χ1) is 9.90. The Labute approximate surface area is 128 Å². The Morgan fingerprint density at radius 2 is 1.76 bits per heavy atom. The molecule has 5 nitrogen and oxygen atoms in total. The molecule has 0 aliphatic carbocycles. The van der Waals surface area contributed by atoms with Crippen molar-refractivity contribution in [1.82, 2.24) is 5.32 Å². The van der Waals surface area contributed by atoms with Crippen LogP contribution in [0, 0.1) is 11.6 Å². The molecule has 0 saturated heterocycles. The molecular formula is C13H15BrF2N2O3. The highest BCUT2D eigenvalue weighted by Gasteiger charge is 2.13. The smallest absolute Gasteiger partial charge is 0.319 e. The van der Waals surface area contributed by atoms with Crippen LogP contribution in [0.1, 0.15) is 25.7 Å². The number of nitrogens with one attached hydrogen (secondary N) is 2. The fourth-order valence-electron chi connectivity index (χ4n) is 1.60. The summed E-state index contributed by atoms with van der Waals surface area (Å²) >= 11 is 2.94. The maximum Gasteiger partial charge on any atom is 0.319 e. The summed E-state index contributed by atoms with van der Waals surface area (Å²) in [5.74, 6) is -2.61. The van der Waals surface area contributed by atoms with E-state index in [0.29, 0.717) is 25.8 Å². The molecule has 0 spiro atoms. The number of urea groups is 1. The normalized spacial score (nSPS) is 10.2. The molecule has 8 heteroatoms. The molecule has 21 heavy (non-hydrogen) atoms. The van der Waals surface area contributed by atoms with E-state index in [1.54, 1.807) is 0 Å². The molecular weight excluding hydrogens is 350 g/mol. The fourth-order valence-corrected chi connectivity index (χ4v) is 2.00. The molecule has 2 amide bonds. The van der Waals surface area contributed by atoms with E-state index >= 15 is 0 Å². The lowest BCUT2D eigenvalue weighted by atomic mass is 10.2. The Hall–Kier alpha value is -1.70. The summed E-state index contributed by atoms with van der Waals surface area (Å²) in [7, 11) is 0. The zero-order chi connectivity index (χ0) is 15.8. The van der Waals surface area contributed by atoms with E-state index in [9.17, 15) is 18.4 Å². The van der Waals surface area contributed by atoms with Crippen molar-refractivity contribution >= 4 is 33.6 Å². The number of halogens is 3. The molecule has 1 aromatic rings. The van der Waals surface area contributed by atoms with Gasteiger partial charge >= 0.3 is 12.0 Å². The number of hydrogen-bond donors (Lipinski definition) is 3. The summed E-state index contributed by atoms with van der Waals surface area (Å²) in [6.07, 6.45) is 1.84. The number of anilines is 1. The average molecular weight is 365 g/mol. The first kappa shape index (κ1) is 17.4. The van der Waals surface area contributed by atoms with Crippen LogP contribution in [0.4, 0.5) is 19.3 Å². The lowest BCUT2D eigenvalue weighted by Gasteiger charge is -2.09. The minimum Gasteiger partial charge on any atom is -0.481 e. The van der Waals surface area contributed by atoms with Crippen molar-refractivity contribution in [3.05, 3.63) is 28.2 Å². The number of carboxylic acid groups (broad SMARTS) is 1. The third kappa shape index (κ3) is 6.52. The van der Waals surface area contributed by atoms with Crippen LogP contribution < -0.4 is 10.6 Å². The Morgan fingerprint density at radius 3 is 2.33 bits per heavy atom. The molecule has 1 rings (SSSR count). The summed E-state index contributed by atoms with van der Waals surface area (Å²) in [5.41, 5.74) is -0.512. The largest absolute Gasteiger partial charge is 0.481 e. The van der Waals surface area contributed by atoms with Crippen LogP contribution in [0.5, 0.6) is 0 Å². The van der Waals surface area contributed by atoms with Gasteiger partial charge in [-0.25, -0.2) is 13.6 Å². The highest BCUT2D eigenvalue weighted by atomic mass is 79.9. The van der Waals surface area contributed by atoms with E-state index < -0.39 is 29.3 Å². The summed E-state index contributed by atoms with van der Waals surface area (Å²) in [4.78, 5) is 21.8. The number of carboxylic acids is 1. The van der Waals surface area contributed by atoms with Crippen molar-refractivity contribution in [3.63, 3.8) is 0 Å². The maximum atomic E-state index is 13.5. The van der Waals surface area contributed by atoms with E-state index in [1.165, 1.54) is 0 Å². The van der Waals surface area contributed by atoms with Gasteiger partial charge in [0.05, 0.1) is 0 Å². The lowest BCUT2D eigenvalue weighted by Crippen LogP contribution is -2.30. The number of unbranched alkanes of at least 4 members (excludes halogenated alkanes) is 2. The van der Waals surface area contributed by atoms with Gasteiger partial charge in [0.25, 0.3) is 0 Å². The fraction of sp³-hybridized carbons (Fsp3) is 0.385. The number of benzene rings is 1. The molecule has 3 N–H and O–H groups in total. The van der Waals surface area contributed by atoms with Gasteiger partial charge in [0.15, 0.2) is 11.6 Å². The summed E-state index contributed by atoms with van der Waals surface area (Å²) in [6.45, 7) is 0.297. The van der Waals surface area contributed by atoms with Crippen molar-refractivity contribution in [2.75, 3.05) is 11.9 Å². The SMILES string of the molecule is O=C(O)CCCCCNC(=O)Nc1c(F)cc(Br)cc1F. The van der Waals surface area contributed by atoms with Gasteiger partial charge in [-0.15, -0.1) is 0 Å². The maximum absolute atomic E-state index is 13.5. The molecule has 0 aromatic heterocycles. The van der Waals surface area contributed by atoms with Gasteiger partial charge < -0.3 is 15.7 Å². The van der Waals surface area contributed by atoms with Crippen molar-refractivity contribution in [1.29, 1.82) is 0 Å². The number of carbonyl (C=O) groups excluding carboxylic acids is 1. The molecule has 0 aliphatic rings. The van der Waals surface area contributed by atoms with Crippen LogP contribution in [0.2, 0.25) is 0 Å². The molecule has 1 aromatic carbocycles. The second-order valence-corrected chi connectivity index (χ2v) is 5.25. The zero-order valence-corrected chi connectivity index (χ0v) is 12.7. The number of amides is 2. The average Bonchev–Trinajstić information content (AvgIpc) is 2.37. The van der Waals surface area contributed by atoms with Gasteiger partial charge in [-0.1, -0.05) is 22.4 Å². The highest BCUT2D eigenvalue weighted by Crippen LogP contribution is 2.23. The highest BCUT2D eigenvalue weighted by molar-refractivity contribution is 9.10. The monoisotopic (exact) mass is 364 g/mol. The summed E-state index contributed by atoms with van der Waals surface area (Å²) in [6, 6.07) is 1.38. The Balaban J connectivity index is 2.33. The zero-order valence-electron chi connectivity index (χ0n) is 11.1. The van der Waals surface area contributed by atoms with Crippen molar-refractivity contribution in [3.8, 4) is 0 Å². The van der Waals surface area contributed by atoms with Gasteiger partial charge in [0.2, 0.25) is 0 Å². The minimum atomic E-state index is -0.876. The summed E-state index contributed by atoms with van der Waals surface area (Å²) < 4.78 is 27.2. The van der Waals surface area contributed by atoms with Gasteiger partial charge in [0, 0.05) is 17.4 Å². The van der Waals surface area contributed by atoms with Gasteiger partial charge in [0.1, 0.15) is 5.69 Å². The van der Waals surface area contributed by atoms with Crippen LogP contribution in [0.15, 0.2) is 16.6 Å². The second-order valence-electron chi connectivity index (χ2n) is 4.33. The lowest BCUT2D eigenvalue weighted by molar-refractivity contribution is -0.137. The first-order valence-electron chi connectivity index (χ1n) is 6.31. The predicted octanol–water partition coefficient (Wildman–Crippen LogP) is 3.49. The molecule has 0 saturated carbocycles. The number of rotatable bonds is 7.